The number of aromatic hydroxyl groups is 1. The van der Waals surface area contributed by atoms with E-state index in [2.05, 4.69) is 23.0 Å². The molecule has 3 aromatic rings. The van der Waals surface area contributed by atoms with Crippen LogP contribution in [0.1, 0.15) is 11.1 Å². The number of benzene rings is 2. The van der Waals surface area contributed by atoms with E-state index in [9.17, 15) is 5.11 Å². The minimum Gasteiger partial charge on any atom is -0.507 e. The van der Waals surface area contributed by atoms with E-state index in [1.54, 1.807) is 12.1 Å². The highest BCUT2D eigenvalue weighted by Crippen LogP contribution is 2.25. The van der Waals surface area contributed by atoms with E-state index in [-0.39, 0.29) is 12.4 Å². The predicted octanol–water partition coefficient (Wildman–Crippen LogP) is 4.14. The average Bonchev–Trinajstić information content (AvgIpc) is 2.98. The fraction of sp³-hybridized carbons (Fsp3) is 0.100. The lowest BCUT2D eigenvalue weighted by molar-refractivity contribution is 0.366. The second-order valence-electron chi connectivity index (χ2n) is 5.18. The Morgan fingerprint density at radius 3 is 2.91 bits per heavy atom. The first-order chi connectivity index (χ1) is 11.3. The van der Waals surface area contributed by atoms with Gasteiger partial charge in [0.2, 0.25) is 0 Å². The highest BCUT2D eigenvalue weighted by molar-refractivity contribution is 5.83. The standard InChI is InChI=1S/C20H17NO2/c1-2-12-23-17-11-10-15(20(22)13-17)6-5-7-16-14-21-19-9-4-3-8-18(16)19/h1,3-6,8-11,13-14,21-22H,7,12H2/b6-5+. The molecule has 3 heteroatoms. The van der Waals surface area contributed by atoms with Crippen molar-refractivity contribution in [1.82, 2.24) is 4.98 Å². The van der Waals surface area contributed by atoms with Gasteiger partial charge in [0.25, 0.3) is 0 Å². The second-order valence-corrected chi connectivity index (χ2v) is 5.18. The van der Waals surface area contributed by atoms with Crippen LogP contribution in [0.5, 0.6) is 11.5 Å². The van der Waals surface area contributed by atoms with Crippen LogP contribution in [-0.4, -0.2) is 16.7 Å². The summed E-state index contributed by atoms with van der Waals surface area (Å²) in [7, 11) is 0. The summed E-state index contributed by atoms with van der Waals surface area (Å²) in [6.07, 6.45) is 11.9. The molecular weight excluding hydrogens is 286 g/mol. The lowest BCUT2D eigenvalue weighted by Gasteiger charge is -2.04. The SMILES string of the molecule is C#CCOc1ccc(/C=C/Cc2c[nH]c3ccccc23)c(O)c1. The summed E-state index contributed by atoms with van der Waals surface area (Å²) in [6, 6.07) is 13.4. The summed E-state index contributed by atoms with van der Waals surface area (Å²) >= 11 is 0. The van der Waals surface area contributed by atoms with Crippen LogP contribution in [-0.2, 0) is 6.42 Å². The summed E-state index contributed by atoms with van der Waals surface area (Å²) in [5, 5.41) is 11.3. The highest BCUT2D eigenvalue weighted by Gasteiger charge is 2.02. The normalized spacial score (nSPS) is 10.9. The lowest BCUT2D eigenvalue weighted by Crippen LogP contribution is -1.93. The Balaban J connectivity index is 1.72. The minimum atomic E-state index is 0.176. The van der Waals surface area contributed by atoms with Crippen molar-refractivity contribution in [3.8, 4) is 23.8 Å². The Labute approximate surface area is 135 Å². The molecule has 0 amide bonds. The molecule has 0 unspecified atom stereocenters. The van der Waals surface area contributed by atoms with Crippen LogP contribution in [0, 0.1) is 12.3 Å². The Morgan fingerprint density at radius 2 is 2.09 bits per heavy atom. The van der Waals surface area contributed by atoms with E-state index < -0.39 is 0 Å². The molecule has 3 nitrogen and oxygen atoms in total. The van der Waals surface area contributed by atoms with Crippen molar-refractivity contribution < 1.29 is 9.84 Å². The molecule has 3 rings (SSSR count). The van der Waals surface area contributed by atoms with Gasteiger partial charge in [-0.2, -0.15) is 0 Å². The number of terminal acetylenes is 1. The largest absolute Gasteiger partial charge is 0.507 e. The number of aromatic nitrogens is 1. The van der Waals surface area contributed by atoms with Gasteiger partial charge >= 0.3 is 0 Å². The first-order valence-electron chi connectivity index (χ1n) is 7.39. The summed E-state index contributed by atoms with van der Waals surface area (Å²) in [4.78, 5) is 3.26. The molecular formula is C20H17NO2. The van der Waals surface area contributed by atoms with E-state index in [1.807, 2.05) is 36.5 Å². The molecule has 23 heavy (non-hydrogen) atoms. The Morgan fingerprint density at radius 1 is 1.22 bits per heavy atom. The Kier molecular flexibility index (Phi) is 4.35. The van der Waals surface area contributed by atoms with Gasteiger partial charge in [-0.05, 0) is 30.2 Å². The van der Waals surface area contributed by atoms with Gasteiger partial charge in [0.1, 0.15) is 18.1 Å². The van der Waals surface area contributed by atoms with Crippen molar-refractivity contribution in [2.75, 3.05) is 6.61 Å². The van der Waals surface area contributed by atoms with Gasteiger partial charge in [0, 0.05) is 28.7 Å². The maximum Gasteiger partial charge on any atom is 0.148 e. The summed E-state index contributed by atoms with van der Waals surface area (Å²) in [6.45, 7) is 0.190. The van der Waals surface area contributed by atoms with E-state index in [0.717, 1.165) is 17.5 Å². The Hall–Kier alpha value is -3.12. The van der Waals surface area contributed by atoms with Crippen LogP contribution >= 0.6 is 0 Å². The number of phenolic OH excluding ortho intramolecular Hbond substituents is 1. The third-order valence-electron chi connectivity index (χ3n) is 3.63. The average molecular weight is 303 g/mol. The van der Waals surface area contributed by atoms with Crippen molar-refractivity contribution >= 4 is 17.0 Å². The number of rotatable bonds is 5. The molecule has 0 bridgehead atoms. The van der Waals surface area contributed by atoms with Crippen molar-refractivity contribution in [1.29, 1.82) is 0 Å². The molecule has 1 aromatic heterocycles. The summed E-state index contributed by atoms with van der Waals surface area (Å²) in [5.41, 5.74) is 3.11. The van der Waals surface area contributed by atoms with Gasteiger partial charge in [-0.1, -0.05) is 36.3 Å². The van der Waals surface area contributed by atoms with Crippen molar-refractivity contribution in [3.63, 3.8) is 0 Å². The number of nitrogens with one attached hydrogen (secondary N) is 1. The molecule has 2 aromatic carbocycles. The van der Waals surface area contributed by atoms with E-state index in [1.165, 1.54) is 10.9 Å². The van der Waals surface area contributed by atoms with Crippen LogP contribution in [0.25, 0.3) is 17.0 Å². The molecule has 0 saturated carbocycles. The zero-order valence-corrected chi connectivity index (χ0v) is 12.6. The molecule has 0 aliphatic rings. The molecule has 1 heterocycles. The van der Waals surface area contributed by atoms with Gasteiger partial charge in [0.05, 0.1) is 0 Å². The second kappa shape index (κ2) is 6.76. The number of hydrogen-bond donors (Lipinski definition) is 2. The van der Waals surface area contributed by atoms with Gasteiger partial charge in [-0.25, -0.2) is 0 Å². The molecule has 0 spiro atoms. The summed E-state index contributed by atoms with van der Waals surface area (Å²) < 4.78 is 5.28. The van der Waals surface area contributed by atoms with Crippen molar-refractivity contribution in [2.45, 2.75) is 6.42 Å². The number of aromatic amines is 1. The molecule has 0 fully saturated rings. The minimum absolute atomic E-state index is 0.176. The molecule has 0 aliphatic heterocycles. The van der Waals surface area contributed by atoms with Gasteiger partial charge < -0.3 is 14.8 Å². The molecule has 0 aliphatic carbocycles. The Bertz CT molecular complexity index is 884. The van der Waals surface area contributed by atoms with Crippen LogP contribution in [0.2, 0.25) is 0 Å². The third kappa shape index (κ3) is 3.38. The van der Waals surface area contributed by atoms with Crippen LogP contribution in [0.4, 0.5) is 0 Å². The van der Waals surface area contributed by atoms with E-state index >= 15 is 0 Å². The predicted molar refractivity (Wildman–Crippen MR) is 93.5 cm³/mol. The topological polar surface area (TPSA) is 45.2 Å². The van der Waals surface area contributed by atoms with Crippen LogP contribution in [0.3, 0.4) is 0 Å². The van der Waals surface area contributed by atoms with Gasteiger partial charge in [0.15, 0.2) is 0 Å². The molecule has 0 saturated heterocycles. The number of ether oxygens (including phenoxy) is 1. The number of fused-ring (bicyclic) bond motifs is 1. The zero-order chi connectivity index (χ0) is 16.1. The lowest BCUT2D eigenvalue weighted by atomic mass is 10.1. The molecule has 114 valence electrons. The number of para-hydroxylation sites is 1. The van der Waals surface area contributed by atoms with E-state index in [4.69, 9.17) is 11.2 Å². The fourth-order valence-electron chi connectivity index (χ4n) is 2.49. The quantitative estimate of drug-likeness (QED) is 0.696. The molecule has 0 radical (unpaired) electrons. The maximum atomic E-state index is 10.0. The van der Waals surface area contributed by atoms with Gasteiger partial charge in [-0.15, -0.1) is 6.42 Å². The maximum absolute atomic E-state index is 10.0. The highest BCUT2D eigenvalue weighted by atomic mass is 16.5. The zero-order valence-electron chi connectivity index (χ0n) is 12.6. The summed E-state index contributed by atoms with van der Waals surface area (Å²) in [5.74, 6) is 3.13. The van der Waals surface area contributed by atoms with Crippen LogP contribution in [0.15, 0.2) is 54.7 Å². The third-order valence-corrected chi connectivity index (χ3v) is 3.63. The van der Waals surface area contributed by atoms with Crippen molar-refractivity contribution in [3.05, 3.63) is 65.9 Å². The number of H-pyrrole nitrogens is 1. The fourth-order valence-corrected chi connectivity index (χ4v) is 2.49. The number of allylic oxidation sites excluding steroid dienone is 1. The van der Waals surface area contributed by atoms with Crippen molar-refractivity contribution in [2.24, 2.45) is 0 Å². The van der Waals surface area contributed by atoms with E-state index in [0.29, 0.717) is 5.75 Å². The number of hydrogen-bond acceptors (Lipinski definition) is 2. The van der Waals surface area contributed by atoms with Crippen LogP contribution < -0.4 is 4.74 Å². The van der Waals surface area contributed by atoms with Gasteiger partial charge in [-0.3, -0.25) is 0 Å². The smallest absolute Gasteiger partial charge is 0.148 e. The number of phenols is 1. The first kappa shape index (κ1) is 14.8. The monoisotopic (exact) mass is 303 g/mol. The molecule has 0 atom stereocenters. The molecule has 2 N–H and O–H groups in total. The first-order valence-corrected chi connectivity index (χ1v) is 7.39.